The Bertz CT molecular complexity index is 459. The Morgan fingerprint density at radius 3 is 2.63 bits per heavy atom. The van der Waals surface area contributed by atoms with Gasteiger partial charge in [0.25, 0.3) is 11.8 Å². The Labute approximate surface area is 116 Å². The van der Waals surface area contributed by atoms with Crippen LogP contribution < -0.4 is 16.4 Å². The number of nitrogens with zero attached hydrogens (tertiary/aromatic N) is 1. The maximum atomic E-state index is 11.9. The van der Waals surface area contributed by atoms with E-state index < -0.39 is 0 Å². The van der Waals surface area contributed by atoms with Crippen molar-refractivity contribution in [3.8, 4) is 0 Å². The molecule has 0 saturated heterocycles. The molecule has 0 spiro atoms. The number of amides is 2. The monoisotopic (exact) mass is 284 g/mol. The Morgan fingerprint density at radius 2 is 2.05 bits per heavy atom. The number of nitrogen functional groups attached to an aromatic ring is 1. The fourth-order valence-electron chi connectivity index (χ4n) is 1.34. The molecule has 2 amide bonds. The highest BCUT2D eigenvalue weighted by Gasteiger charge is 2.22. The van der Waals surface area contributed by atoms with Gasteiger partial charge in [0.1, 0.15) is 4.88 Å². The van der Waals surface area contributed by atoms with E-state index in [1.165, 1.54) is 0 Å². The highest BCUT2D eigenvalue weighted by Crippen LogP contribution is 2.21. The van der Waals surface area contributed by atoms with E-state index in [2.05, 4.69) is 15.0 Å². The Morgan fingerprint density at radius 1 is 1.37 bits per heavy atom. The lowest BCUT2D eigenvalue weighted by atomic mass is 10.2. The quantitative estimate of drug-likeness (QED) is 0.735. The second-order valence-electron chi connectivity index (χ2n) is 4.31. The zero-order valence-electron chi connectivity index (χ0n) is 11.4. The molecule has 0 unspecified atom stereocenters. The molecule has 1 rings (SSSR count). The first kappa shape index (κ1) is 15.4. The summed E-state index contributed by atoms with van der Waals surface area (Å²) in [6, 6.07) is 0.0615. The molecule has 0 aliphatic rings. The first-order valence-electron chi connectivity index (χ1n) is 6.35. The van der Waals surface area contributed by atoms with Crippen molar-refractivity contribution in [1.29, 1.82) is 0 Å². The van der Waals surface area contributed by atoms with Gasteiger partial charge in [-0.2, -0.15) is 4.37 Å². The molecule has 4 N–H and O–H groups in total. The van der Waals surface area contributed by atoms with Gasteiger partial charge in [-0.25, -0.2) is 0 Å². The molecule has 6 nitrogen and oxygen atoms in total. The van der Waals surface area contributed by atoms with E-state index in [0.29, 0.717) is 11.4 Å². The van der Waals surface area contributed by atoms with Crippen molar-refractivity contribution in [2.45, 2.75) is 39.7 Å². The number of nitrogens with two attached hydrogens (primary N) is 1. The predicted molar refractivity (Wildman–Crippen MR) is 76.4 cm³/mol. The van der Waals surface area contributed by atoms with Crippen LogP contribution in [0.1, 0.15) is 53.8 Å². The summed E-state index contributed by atoms with van der Waals surface area (Å²) in [5, 5.41) is 5.49. The highest BCUT2D eigenvalue weighted by molar-refractivity contribution is 7.09. The van der Waals surface area contributed by atoms with E-state index in [1.54, 1.807) is 0 Å². The van der Waals surface area contributed by atoms with Crippen LogP contribution in [0.5, 0.6) is 0 Å². The first-order valence-corrected chi connectivity index (χ1v) is 7.12. The van der Waals surface area contributed by atoms with Crippen LogP contribution in [0.25, 0.3) is 0 Å². The summed E-state index contributed by atoms with van der Waals surface area (Å²) >= 11 is 0.951. The van der Waals surface area contributed by atoms with Crippen LogP contribution in [0.2, 0.25) is 0 Å². The standard InChI is InChI=1S/C12H20N4O2S/c1-4-6-14-11(17)9-8(13)10(19-16-9)12(18)15-7(3)5-2/h7H,4-6,13H2,1-3H3,(H,14,17)(H,15,18)/t7-/m1/s1. The molecule has 0 bridgehead atoms. The van der Waals surface area contributed by atoms with Gasteiger partial charge in [0.2, 0.25) is 0 Å². The summed E-state index contributed by atoms with van der Waals surface area (Å²) in [7, 11) is 0. The number of hydrogen-bond donors (Lipinski definition) is 3. The number of nitrogens with one attached hydrogen (secondary N) is 2. The molecule has 0 aromatic carbocycles. The second-order valence-corrected chi connectivity index (χ2v) is 5.09. The number of carbonyl (C=O) groups is 2. The molecule has 1 aromatic rings. The van der Waals surface area contributed by atoms with E-state index in [4.69, 9.17) is 5.73 Å². The summed E-state index contributed by atoms with van der Waals surface area (Å²) in [6.45, 7) is 6.40. The van der Waals surface area contributed by atoms with Crippen molar-refractivity contribution in [1.82, 2.24) is 15.0 Å². The summed E-state index contributed by atoms with van der Waals surface area (Å²) in [6.07, 6.45) is 1.66. The minimum Gasteiger partial charge on any atom is -0.395 e. The zero-order chi connectivity index (χ0) is 14.4. The first-order chi connectivity index (χ1) is 9.01. The van der Waals surface area contributed by atoms with Crippen LogP contribution >= 0.6 is 11.5 Å². The average molecular weight is 284 g/mol. The zero-order valence-corrected chi connectivity index (χ0v) is 12.3. The molecule has 0 aliphatic heterocycles. The fourth-order valence-corrected chi connectivity index (χ4v) is 2.04. The van der Waals surface area contributed by atoms with E-state index in [1.807, 2.05) is 20.8 Å². The molecule has 106 valence electrons. The normalized spacial score (nSPS) is 11.9. The van der Waals surface area contributed by atoms with Crippen LogP contribution in [-0.4, -0.2) is 28.8 Å². The molecule has 0 radical (unpaired) electrons. The van der Waals surface area contributed by atoms with Crippen molar-refractivity contribution in [3.63, 3.8) is 0 Å². The van der Waals surface area contributed by atoms with Gasteiger partial charge in [-0.1, -0.05) is 13.8 Å². The topological polar surface area (TPSA) is 97.1 Å². The molecular weight excluding hydrogens is 264 g/mol. The van der Waals surface area contributed by atoms with Crippen molar-refractivity contribution >= 4 is 29.0 Å². The largest absolute Gasteiger partial charge is 0.395 e. The van der Waals surface area contributed by atoms with Gasteiger partial charge in [0, 0.05) is 12.6 Å². The molecule has 0 aliphatic carbocycles. The third-order valence-corrected chi connectivity index (χ3v) is 3.54. The third kappa shape index (κ3) is 3.92. The minimum absolute atomic E-state index is 0.0615. The minimum atomic E-state index is -0.335. The average Bonchev–Trinajstić information content (AvgIpc) is 2.77. The fraction of sp³-hybridized carbons (Fsp3) is 0.583. The number of anilines is 1. The Kier molecular flexibility index (Phi) is 5.75. The third-order valence-electron chi connectivity index (χ3n) is 2.67. The van der Waals surface area contributed by atoms with Crippen molar-refractivity contribution in [2.75, 3.05) is 12.3 Å². The smallest absolute Gasteiger partial charge is 0.273 e. The molecule has 0 fully saturated rings. The maximum absolute atomic E-state index is 11.9. The number of carbonyl (C=O) groups excluding carboxylic acids is 2. The number of rotatable bonds is 6. The van der Waals surface area contributed by atoms with E-state index in [-0.39, 0.29) is 29.2 Å². The van der Waals surface area contributed by atoms with Crippen LogP contribution in [0.3, 0.4) is 0 Å². The van der Waals surface area contributed by atoms with Gasteiger partial charge in [-0.15, -0.1) is 0 Å². The van der Waals surface area contributed by atoms with Gasteiger partial charge in [0.15, 0.2) is 5.69 Å². The second kappa shape index (κ2) is 7.08. The number of aromatic nitrogens is 1. The highest BCUT2D eigenvalue weighted by atomic mass is 32.1. The van der Waals surface area contributed by atoms with Gasteiger partial charge >= 0.3 is 0 Å². The molecule has 1 heterocycles. The van der Waals surface area contributed by atoms with Crippen molar-refractivity contribution < 1.29 is 9.59 Å². The van der Waals surface area contributed by atoms with Gasteiger partial charge < -0.3 is 16.4 Å². The van der Waals surface area contributed by atoms with E-state index in [0.717, 1.165) is 24.4 Å². The molecule has 7 heteroatoms. The molecule has 0 saturated carbocycles. The van der Waals surface area contributed by atoms with Crippen LogP contribution in [-0.2, 0) is 0 Å². The predicted octanol–water partition coefficient (Wildman–Crippen LogP) is 1.39. The Hall–Kier alpha value is -1.63. The van der Waals surface area contributed by atoms with Crippen LogP contribution in [0.15, 0.2) is 0 Å². The lowest BCUT2D eigenvalue weighted by molar-refractivity contribution is 0.0942. The van der Waals surface area contributed by atoms with Crippen molar-refractivity contribution in [3.05, 3.63) is 10.6 Å². The summed E-state index contributed by atoms with van der Waals surface area (Å²) in [5.41, 5.74) is 6.10. The summed E-state index contributed by atoms with van der Waals surface area (Å²) in [5.74, 6) is -0.614. The number of hydrogen-bond acceptors (Lipinski definition) is 5. The van der Waals surface area contributed by atoms with Gasteiger partial charge in [0.05, 0.1) is 5.69 Å². The van der Waals surface area contributed by atoms with Gasteiger partial charge in [-0.05, 0) is 31.3 Å². The lowest BCUT2D eigenvalue weighted by Crippen LogP contribution is -2.32. The van der Waals surface area contributed by atoms with Crippen molar-refractivity contribution in [2.24, 2.45) is 0 Å². The van der Waals surface area contributed by atoms with Crippen LogP contribution in [0.4, 0.5) is 5.69 Å². The SMILES string of the molecule is CCCNC(=O)c1nsc(C(=O)N[C@H](C)CC)c1N. The van der Waals surface area contributed by atoms with Crippen LogP contribution in [0, 0.1) is 0 Å². The Balaban J connectivity index is 2.80. The van der Waals surface area contributed by atoms with Gasteiger partial charge in [-0.3, -0.25) is 9.59 Å². The van der Waals surface area contributed by atoms with E-state index in [9.17, 15) is 9.59 Å². The lowest BCUT2D eigenvalue weighted by Gasteiger charge is -2.10. The summed E-state index contributed by atoms with van der Waals surface area (Å²) in [4.78, 5) is 24.0. The molecule has 1 atom stereocenters. The maximum Gasteiger partial charge on any atom is 0.273 e. The molecular formula is C12H20N4O2S. The molecule has 1 aromatic heterocycles. The summed E-state index contributed by atoms with van der Waals surface area (Å²) < 4.78 is 3.97. The van der Waals surface area contributed by atoms with E-state index >= 15 is 0 Å². The molecule has 19 heavy (non-hydrogen) atoms.